The van der Waals surface area contributed by atoms with E-state index in [2.05, 4.69) is 23.6 Å². The summed E-state index contributed by atoms with van der Waals surface area (Å²) in [6.45, 7) is 11.9. The molecule has 0 aromatic heterocycles. The Balaban J connectivity index is 1.51. The lowest BCUT2D eigenvalue weighted by molar-refractivity contribution is 0.0449. The van der Waals surface area contributed by atoms with Gasteiger partial charge in [0.05, 0.1) is 25.4 Å². The van der Waals surface area contributed by atoms with Gasteiger partial charge in [0.25, 0.3) is 0 Å². The molecule has 2 aliphatic rings. The van der Waals surface area contributed by atoms with E-state index < -0.39 is 12.2 Å². The summed E-state index contributed by atoms with van der Waals surface area (Å²) in [6, 6.07) is 16.1. The predicted octanol–water partition coefficient (Wildman–Crippen LogP) is 7.80. The smallest absolute Gasteiger partial charge is 0.119 e. The van der Waals surface area contributed by atoms with Gasteiger partial charge in [-0.25, -0.2) is 0 Å². The van der Waals surface area contributed by atoms with Crippen LogP contribution in [0.25, 0.3) is 0 Å². The van der Waals surface area contributed by atoms with E-state index in [9.17, 15) is 10.2 Å². The molecule has 246 valence electrons. The van der Waals surface area contributed by atoms with Crippen molar-refractivity contribution >= 4 is 0 Å². The first-order chi connectivity index (χ1) is 21.6. The van der Waals surface area contributed by atoms with E-state index in [4.69, 9.17) is 9.47 Å². The van der Waals surface area contributed by atoms with E-state index in [0.29, 0.717) is 13.2 Å². The normalized spacial score (nSPS) is 19.8. The number of rotatable bonds is 17. The van der Waals surface area contributed by atoms with Gasteiger partial charge in [-0.2, -0.15) is 0 Å². The lowest BCUT2D eigenvalue weighted by Crippen LogP contribution is -2.36. The minimum absolute atomic E-state index is 0.0964. The van der Waals surface area contributed by atoms with Crippen molar-refractivity contribution in [1.29, 1.82) is 0 Å². The van der Waals surface area contributed by atoms with E-state index in [-0.39, 0.29) is 11.8 Å². The van der Waals surface area contributed by atoms with Crippen molar-refractivity contribution in [2.24, 2.45) is 11.8 Å². The minimum Gasteiger partial charge on any atom is -0.494 e. The molecule has 6 heteroatoms. The molecule has 44 heavy (non-hydrogen) atoms. The SMILES string of the molecule is CCCOc1ccc([C@@H](O)[C@@H](CC[C@@H](CN2CCCCCC2)[C@@H](O)c2ccc(OCCC)cc2)CN2CCCCCC2)cc1. The maximum atomic E-state index is 11.8. The molecule has 0 bridgehead atoms. The van der Waals surface area contributed by atoms with Gasteiger partial charge in [0.1, 0.15) is 11.5 Å². The monoisotopic (exact) mass is 608 g/mol. The predicted molar refractivity (Wildman–Crippen MR) is 180 cm³/mol. The number of benzene rings is 2. The van der Waals surface area contributed by atoms with Crippen molar-refractivity contribution < 1.29 is 19.7 Å². The average molecular weight is 609 g/mol. The lowest BCUT2D eigenvalue weighted by atomic mass is 9.84. The van der Waals surface area contributed by atoms with Crippen LogP contribution in [0.15, 0.2) is 48.5 Å². The molecule has 2 fully saturated rings. The Hall–Kier alpha value is -2.12. The van der Waals surface area contributed by atoms with E-state index in [1.165, 1.54) is 51.4 Å². The Kier molecular flexibility index (Phi) is 15.3. The number of aliphatic hydroxyl groups excluding tert-OH is 2. The number of likely N-dealkylation sites (tertiary alicyclic amines) is 2. The van der Waals surface area contributed by atoms with E-state index >= 15 is 0 Å². The second-order valence-corrected chi connectivity index (χ2v) is 13.3. The third-order valence-electron chi connectivity index (χ3n) is 9.57. The van der Waals surface area contributed by atoms with Gasteiger partial charge in [0, 0.05) is 24.9 Å². The summed E-state index contributed by atoms with van der Waals surface area (Å²) in [5.74, 6) is 1.91. The maximum Gasteiger partial charge on any atom is 0.119 e. The van der Waals surface area contributed by atoms with Gasteiger partial charge < -0.3 is 29.5 Å². The molecule has 2 N–H and O–H groups in total. The van der Waals surface area contributed by atoms with Crippen LogP contribution < -0.4 is 9.47 Å². The van der Waals surface area contributed by atoms with Crippen molar-refractivity contribution in [3.05, 3.63) is 59.7 Å². The van der Waals surface area contributed by atoms with E-state index in [1.807, 2.05) is 48.5 Å². The van der Waals surface area contributed by atoms with Crippen LogP contribution in [0, 0.1) is 11.8 Å². The molecule has 2 heterocycles. The maximum absolute atomic E-state index is 11.8. The summed E-state index contributed by atoms with van der Waals surface area (Å²) < 4.78 is 11.6. The summed E-state index contributed by atoms with van der Waals surface area (Å²) in [5, 5.41) is 23.6. The largest absolute Gasteiger partial charge is 0.494 e. The highest BCUT2D eigenvalue weighted by Crippen LogP contribution is 2.34. The van der Waals surface area contributed by atoms with Crippen LogP contribution in [-0.4, -0.2) is 72.5 Å². The third kappa shape index (κ3) is 11.3. The molecule has 0 aliphatic carbocycles. The Bertz CT molecular complexity index is 931. The summed E-state index contributed by atoms with van der Waals surface area (Å²) in [4.78, 5) is 5.16. The molecule has 2 aromatic carbocycles. The van der Waals surface area contributed by atoms with Crippen LogP contribution in [-0.2, 0) is 0 Å². The second-order valence-electron chi connectivity index (χ2n) is 13.3. The van der Waals surface area contributed by atoms with Gasteiger partial charge in [-0.1, -0.05) is 63.8 Å². The second kappa shape index (κ2) is 19.4. The molecule has 2 aliphatic heterocycles. The van der Waals surface area contributed by atoms with Crippen LogP contribution in [0.3, 0.4) is 0 Å². The van der Waals surface area contributed by atoms with E-state index in [1.54, 1.807) is 0 Å². The molecule has 0 saturated carbocycles. The van der Waals surface area contributed by atoms with Gasteiger partial charge in [-0.3, -0.25) is 0 Å². The number of aliphatic hydroxyl groups is 2. The summed E-state index contributed by atoms with van der Waals surface area (Å²) in [6.07, 6.45) is 12.7. The topological polar surface area (TPSA) is 65.4 Å². The molecular weight excluding hydrogens is 548 g/mol. The molecule has 0 spiro atoms. The van der Waals surface area contributed by atoms with Crippen molar-refractivity contribution in [1.82, 2.24) is 9.80 Å². The first-order valence-corrected chi connectivity index (χ1v) is 17.8. The summed E-state index contributed by atoms with van der Waals surface area (Å²) in [7, 11) is 0. The van der Waals surface area contributed by atoms with Crippen LogP contribution in [0.2, 0.25) is 0 Å². The molecular formula is C38H60N2O4. The fraction of sp³-hybridized carbons (Fsp3) is 0.684. The quantitative estimate of drug-likeness (QED) is 0.191. The van der Waals surface area contributed by atoms with Gasteiger partial charge >= 0.3 is 0 Å². The standard InChI is InChI=1S/C38H60N2O4/c1-3-27-43-35-19-15-31(16-20-35)37(41)33(29-39-23-9-5-6-10-24-39)13-14-34(30-40-25-11-7-8-12-26-40)38(42)32-17-21-36(22-18-32)44-28-4-2/h15-22,33-34,37-38,41-42H,3-14,23-30H2,1-2H3/t33-,34-,37-,38+/m0/s1. The fourth-order valence-corrected chi connectivity index (χ4v) is 6.93. The highest BCUT2D eigenvalue weighted by atomic mass is 16.5. The molecule has 0 unspecified atom stereocenters. The highest BCUT2D eigenvalue weighted by molar-refractivity contribution is 5.30. The number of ether oxygens (including phenoxy) is 2. The Morgan fingerprint density at radius 1 is 0.545 bits per heavy atom. The van der Waals surface area contributed by atoms with Crippen molar-refractivity contribution in [2.75, 3.05) is 52.5 Å². The Labute approximate surface area is 267 Å². The van der Waals surface area contributed by atoms with E-state index in [0.717, 1.165) is 87.6 Å². The Morgan fingerprint density at radius 3 is 1.20 bits per heavy atom. The molecule has 6 nitrogen and oxygen atoms in total. The fourth-order valence-electron chi connectivity index (χ4n) is 6.93. The average Bonchev–Trinajstić information content (AvgIpc) is 3.49. The van der Waals surface area contributed by atoms with Gasteiger partial charge in [-0.15, -0.1) is 0 Å². The molecule has 2 saturated heterocycles. The zero-order valence-corrected chi connectivity index (χ0v) is 27.7. The molecule has 4 atom stereocenters. The van der Waals surface area contributed by atoms with Crippen LogP contribution in [0.4, 0.5) is 0 Å². The molecule has 0 amide bonds. The zero-order chi connectivity index (χ0) is 31.0. The summed E-state index contributed by atoms with van der Waals surface area (Å²) >= 11 is 0. The van der Waals surface area contributed by atoms with Gasteiger partial charge in [0.15, 0.2) is 0 Å². The molecule has 2 aromatic rings. The number of hydrogen-bond acceptors (Lipinski definition) is 6. The first-order valence-electron chi connectivity index (χ1n) is 17.8. The summed E-state index contributed by atoms with van der Waals surface area (Å²) in [5.41, 5.74) is 1.92. The van der Waals surface area contributed by atoms with Gasteiger partial charge in [-0.05, 0) is 113 Å². The van der Waals surface area contributed by atoms with Crippen molar-refractivity contribution in [2.45, 2.75) is 103 Å². The van der Waals surface area contributed by atoms with Crippen LogP contribution in [0.1, 0.15) is 114 Å². The molecule has 0 radical (unpaired) electrons. The lowest BCUT2D eigenvalue weighted by Gasteiger charge is -2.34. The zero-order valence-electron chi connectivity index (χ0n) is 27.7. The third-order valence-corrected chi connectivity index (χ3v) is 9.57. The number of hydrogen-bond donors (Lipinski definition) is 2. The highest BCUT2D eigenvalue weighted by Gasteiger charge is 2.29. The number of nitrogens with zero attached hydrogens (tertiary/aromatic N) is 2. The van der Waals surface area contributed by atoms with Gasteiger partial charge in [0.2, 0.25) is 0 Å². The van der Waals surface area contributed by atoms with Crippen molar-refractivity contribution in [3.63, 3.8) is 0 Å². The minimum atomic E-state index is -0.551. The van der Waals surface area contributed by atoms with Crippen LogP contribution >= 0.6 is 0 Å². The van der Waals surface area contributed by atoms with Crippen LogP contribution in [0.5, 0.6) is 11.5 Å². The van der Waals surface area contributed by atoms with Crippen molar-refractivity contribution in [3.8, 4) is 11.5 Å². The Morgan fingerprint density at radius 2 is 0.886 bits per heavy atom. The first kappa shape index (κ1) is 34.7. The molecule has 4 rings (SSSR count).